The fourth-order valence-corrected chi connectivity index (χ4v) is 2.41. The highest BCUT2D eigenvalue weighted by atomic mass is 15.3. The molecule has 0 aromatic rings. The lowest BCUT2D eigenvalue weighted by Crippen LogP contribution is -2.65. The Labute approximate surface area is 120 Å². The summed E-state index contributed by atoms with van der Waals surface area (Å²) < 4.78 is 0. The molecule has 4 N–H and O–H groups in total. The van der Waals surface area contributed by atoms with Gasteiger partial charge in [-0.05, 0) is 66.0 Å². The zero-order chi connectivity index (χ0) is 14.6. The Hall–Kier alpha value is -0.160. The second-order valence-electron chi connectivity index (χ2n) is 5.38. The van der Waals surface area contributed by atoms with Gasteiger partial charge in [0.15, 0.2) is 0 Å². The van der Waals surface area contributed by atoms with E-state index in [0.717, 1.165) is 19.6 Å². The third-order valence-corrected chi connectivity index (χ3v) is 4.16. The van der Waals surface area contributed by atoms with E-state index >= 15 is 0 Å². The predicted octanol–water partition coefficient (Wildman–Crippen LogP) is 1.76. The lowest BCUT2D eigenvalue weighted by Gasteiger charge is -2.49. The van der Waals surface area contributed by atoms with Crippen molar-refractivity contribution in [3.05, 3.63) is 0 Å². The quantitative estimate of drug-likeness (QED) is 0.560. The molecule has 4 nitrogen and oxygen atoms in total. The number of nitrogens with one attached hydrogen (secondary N) is 2. The Morgan fingerprint density at radius 1 is 1.21 bits per heavy atom. The summed E-state index contributed by atoms with van der Waals surface area (Å²) in [5.74, 6) is 0. The molecule has 1 aliphatic heterocycles. The molecule has 1 rings (SSSR count). The van der Waals surface area contributed by atoms with Crippen molar-refractivity contribution in [1.82, 2.24) is 15.5 Å². The molecule has 1 unspecified atom stereocenters. The molecule has 0 spiro atoms. The minimum Gasteiger partial charge on any atom is -0.330 e. The molecule has 4 heteroatoms. The molecule has 1 heterocycles. The van der Waals surface area contributed by atoms with E-state index in [4.69, 9.17) is 5.73 Å². The standard InChI is InChI=1S/C8H18N2.C7H18N2/c1-4-8(6-7-9-8)10(3)5-2;1-9-7-5-3-2-4-6-8/h9H,4-7H2,1-3H3;9H,2-8H2,1H3. The molecule has 1 saturated heterocycles. The smallest absolute Gasteiger partial charge is 0.0719 e. The van der Waals surface area contributed by atoms with E-state index < -0.39 is 0 Å². The summed E-state index contributed by atoms with van der Waals surface area (Å²) in [5.41, 5.74) is 5.68. The fourth-order valence-electron chi connectivity index (χ4n) is 2.41. The Bertz CT molecular complexity index is 181. The Balaban J connectivity index is 0.000000344. The SMILES string of the molecule is CCN(C)C1(CC)CCN1.CNCCCCCCN. The average Bonchev–Trinajstić information content (AvgIpc) is 2.38. The summed E-state index contributed by atoms with van der Waals surface area (Å²) in [6.45, 7) is 8.78. The molecule has 0 saturated carbocycles. The first-order chi connectivity index (χ1) is 9.16. The van der Waals surface area contributed by atoms with Gasteiger partial charge >= 0.3 is 0 Å². The third kappa shape index (κ3) is 7.25. The first-order valence-electron chi connectivity index (χ1n) is 7.97. The second-order valence-corrected chi connectivity index (χ2v) is 5.38. The second kappa shape index (κ2) is 11.6. The maximum atomic E-state index is 5.33. The number of rotatable bonds is 9. The summed E-state index contributed by atoms with van der Waals surface area (Å²) >= 11 is 0. The van der Waals surface area contributed by atoms with Crippen molar-refractivity contribution >= 4 is 0 Å². The molecule has 0 aromatic heterocycles. The Morgan fingerprint density at radius 3 is 2.16 bits per heavy atom. The van der Waals surface area contributed by atoms with Gasteiger partial charge in [-0.25, -0.2) is 0 Å². The minimum atomic E-state index is 0.356. The number of hydrogen-bond acceptors (Lipinski definition) is 4. The van der Waals surface area contributed by atoms with E-state index in [1.165, 1.54) is 45.1 Å². The van der Waals surface area contributed by atoms with Gasteiger partial charge in [-0.15, -0.1) is 0 Å². The van der Waals surface area contributed by atoms with Gasteiger partial charge in [0, 0.05) is 0 Å². The van der Waals surface area contributed by atoms with Crippen LogP contribution >= 0.6 is 0 Å². The van der Waals surface area contributed by atoms with Crippen molar-refractivity contribution in [3.63, 3.8) is 0 Å². The summed E-state index contributed by atoms with van der Waals surface area (Å²) in [7, 11) is 4.18. The van der Waals surface area contributed by atoms with Gasteiger partial charge in [0.25, 0.3) is 0 Å². The van der Waals surface area contributed by atoms with Gasteiger partial charge in [0.05, 0.1) is 5.66 Å². The van der Waals surface area contributed by atoms with Crippen LogP contribution in [0.25, 0.3) is 0 Å². The van der Waals surface area contributed by atoms with Crippen molar-refractivity contribution in [1.29, 1.82) is 0 Å². The highest BCUT2D eigenvalue weighted by Crippen LogP contribution is 2.25. The van der Waals surface area contributed by atoms with E-state index in [9.17, 15) is 0 Å². The minimum absolute atomic E-state index is 0.356. The summed E-state index contributed by atoms with van der Waals surface area (Å²) in [6.07, 6.45) is 7.61. The first-order valence-corrected chi connectivity index (χ1v) is 7.97. The molecule has 0 aromatic carbocycles. The van der Waals surface area contributed by atoms with E-state index in [1.54, 1.807) is 0 Å². The lowest BCUT2D eigenvalue weighted by molar-refractivity contribution is 0.0168. The normalized spacial score (nSPS) is 21.8. The van der Waals surface area contributed by atoms with Gasteiger partial charge in [-0.2, -0.15) is 0 Å². The Kier molecular flexibility index (Phi) is 11.6. The fraction of sp³-hybridized carbons (Fsp3) is 1.00. The van der Waals surface area contributed by atoms with Crippen molar-refractivity contribution in [3.8, 4) is 0 Å². The highest BCUT2D eigenvalue weighted by Gasteiger charge is 2.37. The van der Waals surface area contributed by atoms with Crippen LogP contribution in [0.2, 0.25) is 0 Å². The Morgan fingerprint density at radius 2 is 1.84 bits per heavy atom. The molecular formula is C15H36N4. The highest BCUT2D eigenvalue weighted by molar-refractivity contribution is 4.93. The van der Waals surface area contributed by atoms with E-state index in [1.807, 2.05) is 7.05 Å². The van der Waals surface area contributed by atoms with Gasteiger partial charge in [-0.3, -0.25) is 10.2 Å². The van der Waals surface area contributed by atoms with E-state index in [-0.39, 0.29) is 0 Å². The molecule has 1 fully saturated rings. The zero-order valence-electron chi connectivity index (χ0n) is 13.6. The van der Waals surface area contributed by atoms with Gasteiger partial charge < -0.3 is 11.1 Å². The molecule has 19 heavy (non-hydrogen) atoms. The molecule has 0 aliphatic carbocycles. The number of unbranched alkanes of at least 4 members (excludes halogenated alkanes) is 3. The predicted molar refractivity (Wildman–Crippen MR) is 85.4 cm³/mol. The van der Waals surface area contributed by atoms with Gasteiger partial charge in [0.1, 0.15) is 0 Å². The average molecular weight is 272 g/mol. The van der Waals surface area contributed by atoms with Crippen molar-refractivity contribution in [2.75, 3.05) is 40.3 Å². The van der Waals surface area contributed by atoms with Crippen molar-refractivity contribution in [2.24, 2.45) is 5.73 Å². The van der Waals surface area contributed by atoms with Crippen LogP contribution in [0.4, 0.5) is 0 Å². The monoisotopic (exact) mass is 272 g/mol. The van der Waals surface area contributed by atoms with E-state index in [0.29, 0.717) is 5.66 Å². The number of nitrogens with zero attached hydrogens (tertiary/aromatic N) is 1. The van der Waals surface area contributed by atoms with E-state index in [2.05, 4.69) is 36.4 Å². The maximum Gasteiger partial charge on any atom is 0.0719 e. The van der Waals surface area contributed by atoms with Crippen LogP contribution in [0.3, 0.4) is 0 Å². The summed E-state index contributed by atoms with van der Waals surface area (Å²) in [6, 6.07) is 0. The largest absolute Gasteiger partial charge is 0.330 e. The van der Waals surface area contributed by atoms with Crippen LogP contribution in [0.1, 0.15) is 52.4 Å². The third-order valence-electron chi connectivity index (χ3n) is 4.16. The molecular weight excluding hydrogens is 236 g/mol. The molecule has 1 atom stereocenters. The summed E-state index contributed by atoms with van der Waals surface area (Å²) in [4.78, 5) is 2.40. The molecule has 0 amide bonds. The summed E-state index contributed by atoms with van der Waals surface area (Å²) in [5, 5.41) is 6.60. The van der Waals surface area contributed by atoms with Crippen LogP contribution in [0.5, 0.6) is 0 Å². The van der Waals surface area contributed by atoms with Crippen LogP contribution in [0, 0.1) is 0 Å². The van der Waals surface area contributed by atoms with Crippen molar-refractivity contribution < 1.29 is 0 Å². The molecule has 1 aliphatic rings. The van der Waals surface area contributed by atoms with Gasteiger partial charge in [0.2, 0.25) is 0 Å². The van der Waals surface area contributed by atoms with Crippen LogP contribution in [-0.4, -0.2) is 50.8 Å². The first kappa shape index (κ1) is 18.8. The van der Waals surface area contributed by atoms with Gasteiger partial charge in [-0.1, -0.05) is 26.7 Å². The maximum absolute atomic E-state index is 5.33. The zero-order valence-corrected chi connectivity index (χ0v) is 13.6. The molecule has 0 bridgehead atoms. The van der Waals surface area contributed by atoms with Crippen molar-refractivity contribution in [2.45, 2.75) is 58.0 Å². The van der Waals surface area contributed by atoms with Crippen LogP contribution in [-0.2, 0) is 0 Å². The topological polar surface area (TPSA) is 53.3 Å². The molecule has 0 radical (unpaired) electrons. The molecule has 116 valence electrons. The lowest BCUT2D eigenvalue weighted by atomic mass is 9.93. The van der Waals surface area contributed by atoms with Crippen LogP contribution in [0.15, 0.2) is 0 Å². The van der Waals surface area contributed by atoms with Crippen LogP contribution < -0.4 is 16.4 Å². The number of hydrogen-bond donors (Lipinski definition) is 3. The number of nitrogens with two attached hydrogens (primary N) is 1.